The molecule has 0 aliphatic carbocycles. The largest absolute Gasteiger partial charge is 0.481 e. The number of hydrogen-bond donors (Lipinski definition) is 15. The molecule has 0 spiro atoms. The second-order valence-corrected chi connectivity index (χ2v) is 17.7. The van der Waals surface area contributed by atoms with Crippen LogP contribution in [-0.2, 0) is 54.4 Å². The van der Waals surface area contributed by atoms with Crippen LogP contribution in [0.25, 0.3) is 0 Å². The second-order valence-electron chi connectivity index (χ2n) is 16.7. The summed E-state index contributed by atoms with van der Waals surface area (Å²) < 4.78 is 0. The molecule has 0 unspecified atom stereocenters. The van der Waals surface area contributed by atoms with Crippen molar-refractivity contribution in [1.29, 1.82) is 0 Å². The van der Waals surface area contributed by atoms with Crippen LogP contribution in [-0.4, -0.2) is 216 Å². The zero-order chi connectivity index (χ0) is 52.8. The molecule has 396 valence electrons. The lowest BCUT2D eigenvalue weighted by Crippen LogP contribution is -2.61. The molecule has 30 heteroatoms. The van der Waals surface area contributed by atoms with Crippen LogP contribution in [0.1, 0.15) is 63.5 Å². The lowest BCUT2D eigenvalue weighted by Gasteiger charge is -2.31. The number of aromatic nitrogens is 2. The molecular formula is C41H66N14O15S. The molecule has 0 radical (unpaired) electrons. The van der Waals surface area contributed by atoms with Crippen LogP contribution in [0, 0.1) is 0 Å². The number of H-pyrrole nitrogens is 1. The molecule has 3 rings (SSSR count). The minimum absolute atomic E-state index is 0.0322. The van der Waals surface area contributed by atoms with E-state index in [4.69, 9.17) is 22.3 Å². The van der Waals surface area contributed by atoms with Crippen molar-refractivity contribution in [3.8, 4) is 0 Å². The topological polar surface area (TPSA) is 470 Å². The molecular weight excluding hydrogens is 961 g/mol. The number of aliphatic hydroxyl groups excluding tert-OH is 3. The number of aliphatic carboxylic acids is 2. The number of carbonyl (C=O) groups excluding carboxylic acids is 8. The Morgan fingerprint density at radius 1 is 0.718 bits per heavy atom. The van der Waals surface area contributed by atoms with Gasteiger partial charge in [-0.25, -0.2) is 9.78 Å². The minimum Gasteiger partial charge on any atom is -0.481 e. The maximum Gasteiger partial charge on any atom is 0.326 e. The van der Waals surface area contributed by atoms with Gasteiger partial charge in [-0.2, -0.15) is 11.8 Å². The van der Waals surface area contributed by atoms with Crippen LogP contribution >= 0.6 is 11.8 Å². The predicted octanol–water partition coefficient (Wildman–Crippen LogP) is -7.10. The van der Waals surface area contributed by atoms with Crippen LogP contribution in [0.15, 0.2) is 17.5 Å². The number of carboxylic acids is 2. The molecule has 2 fully saturated rings. The van der Waals surface area contributed by atoms with Gasteiger partial charge in [0.05, 0.1) is 32.2 Å². The molecule has 2 saturated heterocycles. The zero-order valence-corrected chi connectivity index (χ0v) is 39.9. The number of carbonyl (C=O) groups is 10. The van der Waals surface area contributed by atoms with Crippen LogP contribution in [0.4, 0.5) is 0 Å². The number of aliphatic imine (C=N–C) groups is 1. The number of nitrogens with one attached hydrogen (secondary N) is 7. The normalized spacial score (nSPS) is 18.3. The highest BCUT2D eigenvalue weighted by molar-refractivity contribution is 7.98. The number of carboxylic acid groups (broad SMARTS) is 2. The molecule has 8 amide bonds. The standard InChI is InChI=1S/C41H66N14O15S/c1-71-14-10-24(40(69)70)49-34(63)26(17-56)51-33(62)25(15-21-16-45-20-47-21)50-35(64)27(18-57)52-37(66)30-7-4-13-55(30)39(68)28(19-58)53-32(61)23(5-2-11-46-41(43)44)48-36(65)29-6-3-12-54(29)38(67)22(42)8-9-31(59)60/h16,20,22-30,56-58H,2-15,17-19,42H2,1H3,(H,45,47)(H,48,65)(H,49,63)(H,50,64)(H,51,62)(H,52,66)(H,53,61)(H,59,60)(H,69,70)(H4,43,44,46)/t22-,23-,24-,25-,26-,27-,28-,29-,30-/m0/s1. The number of likely N-dealkylation sites (tertiary alicyclic amines) is 2. The van der Waals surface area contributed by atoms with Gasteiger partial charge in [0.15, 0.2) is 5.96 Å². The number of thioether (sulfide) groups is 1. The Morgan fingerprint density at radius 2 is 1.23 bits per heavy atom. The number of hydrogen-bond acceptors (Lipinski definition) is 17. The third kappa shape index (κ3) is 18.2. The predicted molar refractivity (Wildman–Crippen MR) is 250 cm³/mol. The average Bonchev–Trinajstić information content (AvgIpc) is 4.15. The Bertz CT molecular complexity index is 2040. The fourth-order valence-electron chi connectivity index (χ4n) is 7.71. The Hall–Kier alpha value is -6.63. The number of aromatic amines is 1. The molecule has 1 aromatic heterocycles. The van der Waals surface area contributed by atoms with Gasteiger partial charge in [-0.05, 0) is 63.4 Å². The van der Waals surface area contributed by atoms with E-state index in [2.05, 4.69) is 46.9 Å². The van der Waals surface area contributed by atoms with Gasteiger partial charge in [0.1, 0.15) is 48.3 Å². The maximum absolute atomic E-state index is 13.9. The van der Waals surface area contributed by atoms with E-state index < -0.39 is 133 Å². The summed E-state index contributed by atoms with van der Waals surface area (Å²) in [6.07, 6.45) is 4.50. The first-order chi connectivity index (χ1) is 33.8. The fraction of sp³-hybridized carbons (Fsp3) is 0.659. The van der Waals surface area contributed by atoms with Crippen molar-refractivity contribution in [2.24, 2.45) is 22.2 Å². The summed E-state index contributed by atoms with van der Waals surface area (Å²) in [5, 5.41) is 63.4. The second kappa shape index (κ2) is 29.5. The van der Waals surface area contributed by atoms with Gasteiger partial charge in [-0.3, -0.25) is 48.1 Å². The maximum atomic E-state index is 13.9. The third-order valence-corrected chi connectivity index (χ3v) is 12.2. The summed E-state index contributed by atoms with van der Waals surface area (Å²) in [7, 11) is 0. The molecule has 2 aliphatic rings. The van der Waals surface area contributed by atoms with Crippen molar-refractivity contribution in [2.45, 2.75) is 119 Å². The first kappa shape index (κ1) is 58.7. The summed E-state index contributed by atoms with van der Waals surface area (Å²) in [4.78, 5) is 144. The number of nitrogens with zero attached hydrogens (tertiary/aromatic N) is 4. The van der Waals surface area contributed by atoms with E-state index in [9.17, 15) is 68.4 Å². The molecule has 71 heavy (non-hydrogen) atoms. The summed E-state index contributed by atoms with van der Waals surface area (Å²) in [6.45, 7) is -2.81. The molecule has 29 nitrogen and oxygen atoms in total. The van der Waals surface area contributed by atoms with Crippen LogP contribution in [0.3, 0.4) is 0 Å². The molecule has 9 atom stereocenters. The van der Waals surface area contributed by atoms with Crippen LogP contribution in [0.5, 0.6) is 0 Å². The zero-order valence-electron chi connectivity index (χ0n) is 39.1. The van der Waals surface area contributed by atoms with Crippen molar-refractivity contribution in [1.82, 2.24) is 51.7 Å². The van der Waals surface area contributed by atoms with Gasteiger partial charge < -0.3 is 89.4 Å². The average molecular weight is 1030 g/mol. The van der Waals surface area contributed by atoms with E-state index in [-0.39, 0.29) is 83.4 Å². The highest BCUT2D eigenvalue weighted by Crippen LogP contribution is 2.21. The van der Waals surface area contributed by atoms with E-state index in [1.807, 2.05) is 0 Å². The first-order valence-corrected chi connectivity index (χ1v) is 24.1. The Morgan fingerprint density at radius 3 is 1.75 bits per heavy atom. The Kier molecular flexibility index (Phi) is 24.4. The lowest BCUT2D eigenvalue weighted by molar-refractivity contribution is -0.144. The quantitative estimate of drug-likeness (QED) is 0.0193. The van der Waals surface area contributed by atoms with Gasteiger partial charge in [0, 0.05) is 44.4 Å². The highest BCUT2D eigenvalue weighted by atomic mass is 32.2. The number of nitrogens with two attached hydrogens (primary N) is 3. The third-order valence-electron chi connectivity index (χ3n) is 11.5. The summed E-state index contributed by atoms with van der Waals surface area (Å²) in [6, 6.07) is -12.9. The monoisotopic (exact) mass is 1030 g/mol. The van der Waals surface area contributed by atoms with E-state index >= 15 is 0 Å². The summed E-state index contributed by atoms with van der Waals surface area (Å²) in [5.41, 5.74) is 17.1. The minimum atomic E-state index is -1.73. The smallest absolute Gasteiger partial charge is 0.326 e. The SMILES string of the molecule is CSCC[C@H](NC(=O)[C@H](CO)NC(=O)[C@H](Cc1cnc[nH]1)NC(=O)[C@H](CO)NC(=O)[C@@H]1CCCN1C(=O)[C@H](CO)NC(=O)[C@H](CCCN=C(N)N)NC(=O)[C@@H]1CCCN1C(=O)[C@@H](N)CCC(=O)O)C(=O)O. The molecule has 0 aromatic carbocycles. The van der Waals surface area contributed by atoms with Gasteiger partial charge >= 0.3 is 11.9 Å². The van der Waals surface area contributed by atoms with Crippen molar-refractivity contribution >= 4 is 76.9 Å². The molecule has 3 heterocycles. The molecule has 18 N–H and O–H groups in total. The van der Waals surface area contributed by atoms with Crippen LogP contribution in [0.2, 0.25) is 0 Å². The number of aliphatic hydroxyl groups is 3. The van der Waals surface area contributed by atoms with Gasteiger partial charge in [-0.1, -0.05) is 0 Å². The number of guanidine groups is 1. The molecule has 2 aliphatic heterocycles. The van der Waals surface area contributed by atoms with Crippen molar-refractivity contribution in [2.75, 3.05) is 51.5 Å². The number of rotatable bonds is 30. The molecule has 0 bridgehead atoms. The van der Waals surface area contributed by atoms with E-state index in [0.717, 1.165) is 4.90 Å². The van der Waals surface area contributed by atoms with Gasteiger partial charge in [0.25, 0.3) is 0 Å². The van der Waals surface area contributed by atoms with Crippen molar-refractivity contribution < 1.29 is 73.5 Å². The van der Waals surface area contributed by atoms with Crippen LogP contribution < -0.4 is 49.1 Å². The van der Waals surface area contributed by atoms with E-state index in [1.54, 1.807) is 6.26 Å². The van der Waals surface area contributed by atoms with E-state index in [1.165, 1.54) is 29.2 Å². The molecule has 1 aromatic rings. The highest BCUT2D eigenvalue weighted by Gasteiger charge is 2.41. The first-order valence-electron chi connectivity index (χ1n) is 22.7. The Balaban J connectivity index is 1.73. The van der Waals surface area contributed by atoms with E-state index in [0.29, 0.717) is 17.9 Å². The number of imidazole rings is 1. The fourth-order valence-corrected chi connectivity index (χ4v) is 8.18. The number of amides is 8. The summed E-state index contributed by atoms with van der Waals surface area (Å²) >= 11 is 1.34. The van der Waals surface area contributed by atoms with Gasteiger partial charge in [-0.15, -0.1) is 0 Å². The Labute approximate surface area is 411 Å². The van der Waals surface area contributed by atoms with Crippen molar-refractivity contribution in [3.63, 3.8) is 0 Å². The van der Waals surface area contributed by atoms with Gasteiger partial charge in [0.2, 0.25) is 47.3 Å². The van der Waals surface area contributed by atoms with Crippen molar-refractivity contribution in [3.05, 3.63) is 18.2 Å². The summed E-state index contributed by atoms with van der Waals surface area (Å²) in [5.74, 6) is -9.68. The lowest BCUT2D eigenvalue weighted by atomic mass is 10.1. The molecule has 0 saturated carbocycles.